The van der Waals surface area contributed by atoms with Gasteiger partial charge in [0.2, 0.25) is 0 Å². The van der Waals surface area contributed by atoms with Crippen molar-refractivity contribution < 1.29 is 21.6 Å². The van der Waals surface area contributed by atoms with Crippen LogP contribution in [0.1, 0.15) is 23.6 Å². The third-order valence-electron chi connectivity index (χ3n) is 3.38. The maximum absolute atomic E-state index is 12.9. The van der Waals surface area contributed by atoms with E-state index in [1.54, 1.807) is 18.5 Å². The van der Waals surface area contributed by atoms with Gasteiger partial charge in [-0.15, -0.1) is 10.2 Å². The fourth-order valence-electron chi connectivity index (χ4n) is 2.01. The van der Waals surface area contributed by atoms with Crippen molar-refractivity contribution in [1.82, 2.24) is 24.5 Å². The highest BCUT2D eigenvalue weighted by molar-refractivity contribution is 7.89. The number of sulfonamides is 1. The zero-order valence-corrected chi connectivity index (χ0v) is 13.8. The Labute approximate surface area is 137 Å². The molecule has 2 rings (SSSR count). The van der Waals surface area contributed by atoms with E-state index in [1.807, 2.05) is 0 Å². The molecule has 0 saturated carbocycles. The largest absolute Gasteiger partial charge is 0.419 e. The number of hydrogen-bond acceptors (Lipinski definition) is 5. The summed E-state index contributed by atoms with van der Waals surface area (Å²) in [5.74, 6) is 1.38. The normalized spacial score (nSPS) is 12.5. The van der Waals surface area contributed by atoms with Gasteiger partial charge in [0.1, 0.15) is 11.6 Å². The van der Waals surface area contributed by atoms with Crippen molar-refractivity contribution in [2.24, 2.45) is 7.05 Å². The van der Waals surface area contributed by atoms with Crippen LogP contribution in [0.5, 0.6) is 0 Å². The lowest BCUT2D eigenvalue weighted by molar-refractivity contribution is -0.140. The molecule has 132 valence electrons. The van der Waals surface area contributed by atoms with E-state index < -0.39 is 26.8 Å². The number of aromatic nitrogens is 4. The van der Waals surface area contributed by atoms with Crippen molar-refractivity contribution in [3.8, 4) is 0 Å². The van der Waals surface area contributed by atoms with Gasteiger partial charge in [-0.2, -0.15) is 13.2 Å². The van der Waals surface area contributed by atoms with Gasteiger partial charge in [0.25, 0.3) is 10.0 Å². The van der Waals surface area contributed by atoms with Crippen LogP contribution >= 0.6 is 0 Å². The summed E-state index contributed by atoms with van der Waals surface area (Å²) < 4.78 is 66.7. The third kappa shape index (κ3) is 4.09. The molecule has 0 radical (unpaired) electrons. The number of halogens is 3. The lowest BCUT2D eigenvalue weighted by Crippen LogP contribution is -2.28. The first kappa shape index (κ1) is 18.3. The van der Waals surface area contributed by atoms with Gasteiger partial charge in [0.05, 0.1) is 5.56 Å². The number of nitrogens with one attached hydrogen (secondary N) is 1. The molecule has 0 amide bonds. The van der Waals surface area contributed by atoms with Crippen LogP contribution in [0.2, 0.25) is 0 Å². The summed E-state index contributed by atoms with van der Waals surface area (Å²) in [6.07, 6.45) is -2.99. The maximum atomic E-state index is 12.9. The van der Waals surface area contributed by atoms with Crippen molar-refractivity contribution >= 4 is 10.0 Å². The molecule has 1 N–H and O–H groups in total. The number of aryl methyl sites for hydroxylation is 2. The molecule has 0 saturated heterocycles. The summed E-state index contributed by atoms with van der Waals surface area (Å²) in [5.41, 5.74) is -1.29. The van der Waals surface area contributed by atoms with Gasteiger partial charge >= 0.3 is 6.18 Å². The van der Waals surface area contributed by atoms with E-state index in [2.05, 4.69) is 19.9 Å². The van der Waals surface area contributed by atoms with Crippen LogP contribution in [0.15, 0.2) is 23.4 Å². The van der Waals surface area contributed by atoms with E-state index in [0.717, 1.165) is 12.3 Å². The molecule has 2 aromatic rings. The molecule has 2 aromatic heterocycles. The van der Waals surface area contributed by atoms with Crippen LogP contribution in [0.4, 0.5) is 13.2 Å². The topological polar surface area (TPSA) is 89.8 Å². The Morgan fingerprint density at radius 2 is 2.00 bits per heavy atom. The maximum Gasteiger partial charge on any atom is 0.419 e. The molecular formula is C13H16F3N5O2S. The highest BCUT2D eigenvalue weighted by Gasteiger charge is 2.37. The Balaban J connectivity index is 2.03. The molecule has 0 unspecified atom stereocenters. The van der Waals surface area contributed by atoms with E-state index >= 15 is 0 Å². The van der Waals surface area contributed by atoms with Crippen LogP contribution in [0, 0.1) is 6.92 Å². The summed E-state index contributed by atoms with van der Waals surface area (Å²) in [6.45, 7) is 1.74. The molecule has 0 fully saturated rings. The number of alkyl halides is 3. The minimum atomic E-state index is -4.80. The Morgan fingerprint density at radius 1 is 1.29 bits per heavy atom. The summed E-state index contributed by atoms with van der Waals surface area (Å²) in [6, 6.07) is 1.72. The van der Waals surface area contributed by atoms with Crippen molar-refractivity contribution in [1.29, 1.82) is 0 Å². The molecule has 7 nitrogen and oxygen atoms in total. The second-order valence-electron chi connectivity index (χ2n) is 5.08. The van der Waals surface area contributed by atoms with Crippen molar-refractivity contribution in [3.05, 3.63) is 35.5 Å². The van der Waals surface area contributed by atoms with Crippen LogP contribution in [0.25, 0.3) is 0 Å². The Morgan fingerprint density at radius 3 is 2.58 bits per heavy atom. The average molecular weight is 363 g/mol. The van der Waals surface area contributed by atoms with Gasteiger partial charge in [-0.05, 0) is 25.5 Å². The Hall–Kier alpha value is -2.01. The van der Waals surface area contributed by atoms with Crippen LogP contribution in [-0.4, -0.2) is 34.7 Å². The van der Waals surface area contributed by atoms with Gasteiger partial charge in [0.15, 0.2) is 5.03 Å². The molecule has 0 aromatic carbocycles. The number of hydrogen-bond donors (Lipinski definition) is 1. The molecule has 2 heterocycles. The highest BCUT2D eigenvalue weighted by atomic mass is 32.2. The van der Waals surface area contributed by atoms with E-state index in [-0.39, 0.29) is 6.54 Å². The quantitative estimate of drug-likeness (QED) is 0.785. The molecule has 0 spiro atoms. The first-order chi connectivity index (χ1) is 11.1. The fraction of sp³-hybridized carbons (Fsp3) is 0.462. The predicted octanol–water partition coefficient (Wildman–Crippen LogP) is 1.45. The molecule has 0 atom stereocenters. The monoisotopic (exact) mass is 363 g/mol. The summed E-state index contributed by atoms with van der Waals surface area (Å²) in [4.78, 5) is 3.37. The molecule has 0 aliphatic rings. The summed E-state index contributed by atoms with van der Waals surface area (Å²) >= 11 is 0. The van der Waals surface area contributed by atoms with Crippen LogP contribution < -0.4 is 4.72 Å². The Bertz CT molecular complexity index is 817. The standard InChI is InChI=1S/C13H16F3N5O2S/c1-9-19-20-11(21(9)2)6-4-8-18-24(22,23)12-10(13(14,15)16)5-3-7-17-12/h3,5,7,18H,4,6,8H2,1-2H3. The second kappa shape index (κ2) is 6.85. The van der Waals surface area contributed by atoms with Crippen molar-refractivity contribution in [2.45, 2.75) is 31.0 Å². The highest BCUT2D eigenvalue weighted by Crippen LogP contribution is 2.32. The average Bonchev–Trinajstić information content (AvgIpc) is 2.82. The van der Waals surface area contributed by atoms with E-state index in [0.29, 0.717) is 30.6 Å². The smallest absolute Gasteiger partial charge is 0.318 e. The first-order valence-electron chi connectivity index (χ1n) is 6.99. The van der Waals surface area contributed by atoms with Gasteiger partial charge in [0, 0.05) is 26.2 Å². The van der Waals surface area contributed by atoms with E-state index in [4.69, 9.17) is 0 Å². The Kier molecular flexibility index (Phi) is 5.23. The van der Waals surface area contributed by atoms with Crippen LogP contribution in [-0.2, 0) is 29.7 Å². The third-order valence-corrected chi connectivity index (χ3v) is 4.80. The van der Waals surface area contributed by atoms with E-state index in [9.17, 15) is 21.6 Å². The first-order valence-corrected chi connectivity index (χ1v) is 8.48. The second-order valence-corrected chi connectivity index (χ2v) is 6.76. The zero-order valence-electron chi connectivity index (χ0n) is 13.0. The molecular weight excluding hydrogens is 347 g/mol. The van der Waals surface area contributed by atoms with Gasteiger partial charge in [-0.3, -0.25) is 0 Å². The summed E-state index contributed by atoms with van der Waals surface area (Å²) in [7, 11) is -2.58. The van der Waals surface area contributed by atoms with Crippen LogP contribution in [0.3, 0.4) is 0 Å². The van der Waals surface area contributed by atoms with Gasteiger partial charge < -0.3 is 4.57 Å². The van der Waals surface area contributed by atoms with Gasteiger partial charge in [-0.1, -0.05) is 0 Å². The molecule has 11 heteroatoms. The van der Waals surface area contributed by atoms with Gasteiger partial charge in [-0.25, -0.2) is 18.1 Å². The van der Waals surface area contributed by atoms with E-state index in [1.165, 1.54) is 0 Å². The fourth-order valence-corrected chi connectivity index (χ4v) is 3.23. The molecule has 0 aliphatic carbocycles. The molecule has 0 bridgehead atoms. The SMILES string of the molecule is Cc1nnc(CCCNS(=O)(=O)c2ncccc2C(F)(F)F)n1C. The lowest BCUT2D eigenvalue weighted by atomic mass is 10.3. The van der Waals surface area contributed by atoms with Crippen molar-refractivity contribution in [3.63, 3.8) is 0 Å². The minimum Gasteiger partial charge on any atom is -0.318 e. The number of pyridine rings is 1. The summed E-state index contributed by atoms with van der Waals surface area (Å²) in [5, 5.41) is 6.78. The zero-order chi connectivity index (χ0) is 18.0. The van der Waals surface area contributed by atoms with Crippen molar-refractivity contribution in [2.75, 3.05) is 6.54 Å². The number of rotatable bonds is 6. The minimum absolute atomic E-state index is 0.0396. The lowest BCUT2D eigenvalue weighted by Gasteiger charge is -2.12. The number of nitrogens with zero attached hydrogens (tertiary/aromatic N) is 4. The molecule has 0 aliphatic heterocycles. The molecule has 24 heavy (non-hydrogen) atoms. The predicted molar refractivity (Wildman–Crippen MR) is 78.5 cm³/mol.